The third-order valence-electron chi connectivity index (χ3n) is 2.08. The molecule has 2 rings (SSSR count). The van der Waals surface area contributed by atoms with Crippen LogP contribution >= 0.6 is 17.0 Å². The summed E-state index contributed by atoms with van der Waals surface area (Å²) in [7, 11) is 0. The van der Waals surface area contributed by atoms with Crippen LogP contribution in [0.15, 0.2) is 18.2 Å². The summed E-state index contributed by atoms with van der Waals surface area (Å²) in [5.41, 5.74) is 2.60. The standard InChI is InChI=1S/C9H11NO.BrH/c11-9-2-1-7-3-4-10-6-8(7)5-9;/h1-2,5,10-11H,3-4,6H2;1H. The molecule has 0 fully saturated rings. The number of rotatable bonds is 0. The highest BCUT2D eigenvalue weighted by atomic mass is 79.9. The highest BCUT2D eigenvalue weighted by molar-refractivity contribution is 8.93. The molecule has 12 heavy (non-hydrogen) atoms. The molecule has 1 aliphatic rings. The number of hydrogen-bond acceptors (Lipinski definition) is 2. The van der Waals surface area contributed by atoms with Crippen molar-refractivity contribution in [2.75, 3.05) is 6.54 Å². The lowest BCUT2D eigenvalue weighted by molar-refractivity contribution is 0.473. The molecule has 0 saturated carbocycles. The monoisotopic (exact) mass is 229 g/mol. The molecule has 1 aromatic rings. The quantitative estimate of drug-likeness (QED) is 0.709. The molecule has 1 heterocycles. The van der Waals surface area contributed by atoms with Crippen molar-refractivity contribution >= 4 is 17.0 Å². The van der Waals surface area contributed by atoms with Crippen LogP contribution in [0.4, 0.5) is 0 Å². The molecule has 3 heteroatoms. The molecular weight excluding hydrogens is 218 g/mol. The molecule has 0 atom stereocenters. The Bertz CT molecular complexity index is 275. The zero-order valence-electron chi connectivity index (χ0n) is 6.71. The minimum atomic E-state index is 0. The Hall–Kier alpha value is -0.540. The number of aromatic hydroxyl groups is 1. The molecule has 0 unspecified atom stereocenters. The van der Waals surface area contributed by atoms with E-state index in [2.05, 4.69) is 5.32 Å². The third kappa shape index (κ3) is 1.79. The van der Waals surface area contributed by atoms with Crippen LogP contribution in [0.5, 0.6) is 5.75 Å². The van der Waals surface area contributed by atoms with Gasteiger partial charge in [0.05, 0.1) is 0 Å². The molecule has 2 N–H and O–H groups in total. The summed E-state index contributed by atoms with van der Waals surface area (Å²) in [6.45, 7) is 1.95. The van der Waals surface area contributed by atoms with E-state index in [0.717, 1.165) is 19.5 Å². The summed E-state index contributed by atoms with van der Waals surface area (Å²) in [5, 5.41) is 12.4. The lowest BCUT2D eigenvalue weighted by Gasteiger charge is -2.16. The molecule has 0 bridgehead atoms. The van der Waals surface area contributed by atoms with Crippen LogP contribution in [0, 0.1) is 0 Å². The van der Waals surface area contributed by atoms with E-state index in [9.17, 15) is 0 Å². The average molecular weight is 230 g/mol. The Morgan fingerprint density at radius 2 is 2.08 bits per heavy atom. The maximum atomic E-state index is 9.16. The van der Waals surface area contributed by atoms with Crippen LogP contribution in [-0.4, -0.2) is 11.7 Å². The molecule has 0 spiro atoms. The summed E-state index contributed by atoms with van der Waals surface area (Å²) >= 11 is 0. The summed E-state index contributed by atoms with van der Waals surface area (Å²) in [6.07, 6.45) is 1.08. The topological polar surface area (TPSA) is 32.3 Å². The largest absolute Gasteiger partial charge is 0.508 e. The van der Waals surface area contributed by atoms with Crippen molar-refractivity contribution < 1.29 is 5.11 Å². The van der Waals surface area contributed by atoms with Gasteiger partial charge >= 0.3 is 0 Å². The van der Waals surface area contributed by atoms with Crippen LogP contribution in [0.2, 0.25) is 0 Å². The fourth-order valence-corrected chi connectivity index (χ4v) is 1.47. The van der Waals surface area contributed by atoms with Crippen LogP contribution in [0.1, 0.15) is 11.1 Å². The first-order chi connectivity index (χ1) is 5.36. The molecule has 0 amide bonds. The van der Waals surface area contributed by atoms with Crippen LogP contribution < -0.4 is 5.32 Å². The SMILES string of the molecule is Br.Oc1ccc2c(c1)CNCC2. The minimum absolute atomic E-state index is 0. The highest BCUT2D eigenvalue weighted by Gasteiger charge is 2.07. The normalized spacial score (nSPS) is 14.7. The van der Waals surface area contributed by atoms with Gasteiger partial charge in [0.1, 0.15) is 5.75 Å². The number of nitrogens with one attached hydrogen (secondary N) is 1. The highest BCUT2D eigenvalue weighted by Crippen LogP contribution is 2.18. The van der Waals surface area contributed by atoms with E-state index in [1.165, 1.54) is 11.1 Å². The second-order valence-corrected chi connectivity index (χ2v) is 2.88. The molecule has 2 nitrogen and oxygen atoms in total. The molecule has 0 saturated heterocycles. The van der Waals surface area contributed by atoms with Crippen molar-refractivity contribution in [1.82, 2.24) is 5.32 Å². The van der Waals surface area contributed by atoms with Gasteiger partial charge in [0.2, 0.25) is 0 Å². The Labute approximate surface area is 82.4 Å². The molecular formula is C9H12BrNO. The first-order valence-corrected chi connectivity index (χ1v) is 3.88. The maximum Gasteiger partial charge on any atom is 0.115 e. The number of fused-ring (bicyclic) bond motifs is 1. The Morgan fingerprint density at radius 3 is 2.92 bits per heavy atom. The van der Waals surface area contributed by atoms with Crippen molar-refractivity contribution in [2.24, 2.45) is 0 Å². The first kappa shape index (κ1) is 9.55. The second kappa shape index (κ2) is 3.92. The summed E-state index contributed by atoms with van der Waals surface area (Å²) in [5.74, 6) is 0.368. The van der Waals surface area contributed by atoms with Crippen molar-refractivity contribution in [3.8, 4) is 5.75 Å². The minimum Gasteiger partial charge on any atom is -0.508 e. The molecule has 0 radical (unpaired) electrons. The van der Waals surface area contributed by atoms with Crippen molar-refractivity contribution in [3.05, 3.63) is 29.3 Å². The lowest BCUT2D eigenvalue weighted by atomic mass is 10.0. The van der Waals surface area contributed by atoms with Gasteiger partial charge in [-0.25, -0.2) is 0 Å². The maximum absolute atomic E-state index is 9.16. The van der Waals surface area contributed by atoms with Crippen molar-refractivity contribution in [2.45, 2.75) is 13.0 Å². The van der Waals surface area contributed by atoms with E-state index in [-0.39, 0.29) is 17.0 Å². The zero-order valence-corrected chi connectivity index (χ0v) is 8.42. The fraction of sp³-hybridized carbons (Fsp3) is 0.333. The Kier molecular flexibility index (Phi) is 3.12. The van der Waals surface area contributed by atoms with Crippen LogP contribution in [-0.2, 0) is 13.0 Å². The van der Waals surface area contributed by atoms with Gasteiger partial charge in [-0.2, -0.15) is 0 Å². The van der Waals surface area contributed by atoms with Crippen molar-refractivity contribution in [3.63, 3.8) is 0 Å². The van der Waals surface area contributed by atoms with E-state index < -0.39 is 0 Å². The van der Waals surface area contributed by atoms with E-state index in [1.807, 2.05) is 12.1 Å². The molecule has 0 aromatic heterocycles. The molecule has 66 valence electrons. The average Bonchev–Trinajstić information content (AvgIpc) is 2.04. The summed E-state index contributed by atoms with van der Waals surface area (Å²) in [4.78, 5) is 0. The van der Waals surface area contributed by atoms with Gasteiger partial charge in [0.25, 0.3) is 0 Å². The van der Waals surface area contributed by atoms with Gasteiger partial charge < -0.3 is 10.4 Å². The van der Waals surface area contributed by atoms with E-state index in [4.69, 9.17) is 5.11 Å². The number of benzene rings is 1. The number of phenols is 1. The summed E-state index contributed by atoms with van der Waals surface area (Å²) in [6, 6.07) is 5.59. The van der Waals surface area contributed by atoms with Gasteiger partial charge in [-0.05, 0) is 36.2 Å². The molecule has 0 aliphatic carbocycles. The van der Waals surface area contributed by atoms with E-state index >= 15 is 0 Å². The predicted octanol–water partition coefficient (Wildman–Crippen LogP) is 1.62. The molecule has 1 aliphatic heterocycles. The van der Waals surface area contributed by atoms with Gasteiger partial charge in [-0.3, -0.25) is 0 Å². The second-order valence-electron chi connectivity index (χ2n) is 2.88. The molecule has 1 aromatic carbocycles. The van der Waals surface area contributed by atoms with Crippen molar-refractivity contribution in [1.29, 1.82) is 0 Å². The number of phenolic OH excluding ortho intramolecular Hbond substituents is 1. The van der Waals surface area contributed by atoms with Gasteiger partial charge in [-0.1, -0.05) is 6.07 Å². The lowest BCUT2D eigenvalue weighted by Crippen LogP contribution is -2.23. The predicted molar refractivity (Wildman–Crippen MR) is 53.8 cm³/mol. The van der Waals surface area contributed by atoms with Crippen LogP contribution in [0.3, 0.4) is 0 Å². The van der Waals surface area contributed by atoms with Crippen LogP contribution in [0.25, 0.3) is 0 Å². The van der Waals surface area contributed by atoms with Gasteiger partial charge in [0.15, 0.2) is 0 Å². The fourth-order valence-electron chi connectivity index (χ4n) is 1.47. The Morgan fingerprint density at radius 1 is 1.25 bits per heavy atom. The first-order valence-electron chi connectivity index (χ1n) is 3.88. The summed E-state index contributed by atoms with van der Waals surface area (Å²) < 4.78 is 0. The Balaban J connectivity index is 0.000000720. The number of halogens is 1. The van der Waals surface area contributed by atoms with E-state index in [0.29, 0.717) is 5.75 Å². The van der Waals surface area contributed by atoms with Gasteiger partial charge in [0, 0.05) is 6.54 Å². The van der Waals surface area contributed by atoms with E-state index in [1.54, 1.807) is 6.07 Å². The zero-order chi connectivity index (χ0) is 7.68. The third-order valence-corrected chi connectivity index (χ3v) is 2.08. The smallest absolute Gasteiger partial charge is 0.115 e. The van der Waals surface area contributed by atoms with Gasteiger partial charge in [-0.15, -0.1) is 17.0 Å². The number of hydrogen-bond donors (Lipinski definition) is 2.